The van der Waals surface area contributed by atoms with Crippen molar-refractivity contribution >= 4 is 11.7 Å². The number of aryl methyl sites for hydroxylation is 1. The van der Waals surface area contributed by atoms with Crippen LogP contribution in [0.1, 0.15) is 18.9 Å². The molecule has 1 aromatic carbocycles. The van der Waals surface area contributed by atoms with Crippen LogP contribution in [0.3, 0.4) is 0 Å². The summed E-state index contributed by atoms with van der Waals surface area (Å²) in [5.41, 5.74) is 9.40. The fourth-order valence-electron chi connectivity index (χ4n) is 1.53. The molecule has 1 N–H and O–H groups in total. The summed E-state index contributed by atoms with van der Waals surface area (Å²) in [6, 6.07) is 9.54. The van der Waals surface area contributed by atoms with Gasteiger partial charge < -0.3 is 15.4 Å². The Morgan fingerprint density at radius 1 is 1.44 bits per heavy atom. The van der Waals surface area contributed by atoms with Crippen LogP contribution in [0.4, 0.5) is 0 Å². The lowest BCUT2D eigenvalue weighted by Gasteiger charge is -2.05. The molecule has 0 radical (unpaired) electrons. The van der Waals surface area contributed by atoms with Gasteiger partial charge in [0.15, 0.2) is 6.10 Å². The smallest absolute Gasteiger partial charge is 0.419 e. The predicted octanol–water partition coefficient (Wildman–Crippen LogP) is 1.21. The molecule has 0 spiro atoms. The van der Waals surface area contributed by atoms with Crippen LogP contribution in [0, 0.1) is 0 Å². The predicted molar refractivity (Wildman–Crippen MR) is 66.0 cm³/mol. The molecule has 0 aromatic heterocycles. The first-order valence-corrected chi connectivity index (χ1v) is 5.80. The summed E-state index contributed by atoms with van der Waals surface area (Å²) in [7, 11) is 0. The molecule has 0 fully saturated rings. The lowest BCUT2D eigenvalue weighted by Crippen LogP contribution is -2.31. The molecule has 0 bridgehead atoms. The molecule has 1 atom stereocenters. The Morgan fingerprint density at radius 3 is 2.67 bits per heavy atom. The van der Waals surface area contributed by atoms with Crippen LogP contribution >= 0.6 is 0 Å². The fourth-order valence-corrected chi connectivity index (χ4v) is 1.53. The van der Waals surface area contributed by atoms with E-state index >= 15 is 0 Å². The van der Waals surface area contributed by atoms with Gasteiger partial charge in [0.05, 0.1) is 6.61 Å². The molecule has 0 unspecified atom stereocenters. The Labute approximate surface area is 106 Å². The van der Waals surface area contributed by atoms with Crippen molar-refractivity contribution < 1.29 is 19.4 Å². The average Bonchev–Trinajstić information content (AvgIpc) is 2.39. The molecular weight excluding hydrogens is 232 g/mol. The van der Waals surface area contributed by atoms with Gasteiger partial charge in [0.1, 0.15) is 0 Å². The Hall–Kier alpha value is -1.97. The number of benzene rings is 1. The quantitative estimate of drug-likeness (QED) is 0.355. The van der Waals surface area contributed by atoms with Gasteiger partial charge in [-0.15, -0.1) is 0 Å². The molecule has 0 saturated heterocycles. The van der Waals surface area contributed by atoms with E-state index in [1.54, 1.807) is 6.92 Å². The zero-order valence-electron chi connectivity index (χ0n) is 10.2. The molecular formula is C13H16N2O3. The Balaban J connectivity index is 2.56. The van der Waals surface area contributed by atoms with Crippen molar-refractivity contribution in [1.29, 1.82) is 0 Å². The minimum atomic E-state index is -1.13. The fraction of sp³-hybridized carbons (Fsp3) is 0.385. The van der Waals surface area contributed by atoms with E-state index < -0.39 is 12.1 Å². The number of carbonyl (C=O) groups is 1. The lowest BCUT2D eigenvalue weighted by molar-refractivity contribution is -0.141. The standard InChI is InChI=1S/C13H16N2O3/c1-2-18-13(17)12(15-14)11(16)9-8-10-6-4-3-5-7-10/h3-7,11,16H,2,8-9H2,1H3/t11-/m0/s1. The molecule has 0 aliphatic rings. The zero-order chi connectivity index (χ0) is 13.4. The summed E-state index contributed by atoms with van der Waals surface area (Å²) in [6.45, 7) is 1.81. The molecule has 0 aliphatic heterocycles. The maximum atomic E-state index is 11.4. The van der Waals surface area contributed by atoms with Crippen LogP contribution in [0.15, 0.2) is 30.3 Å². The molecule has 5 nitrogen and oxygen atoms in total. The SMILES string of the molecule is CCOC(=O)C(=[N+]=[N-])[C@@H](O)CCc1ccccc1. The molecule has 0 amide bonds. The van der Waals surface area contributed by atoms with Crippen molar-refractivity contribution in [3.8, 4) is 0 Å². The van der Waals surface area contributed by atoms with Crippen LogP contribution in [-0.4, -0.2) is 34.3 Å². The van der Waals surface area contributed by atoms with Gasteiger partial charge in [-0.2, -0.15) is 4.79 Å². The van der Waals surface area contributed by atoms with Crippen molar-refractivity contribution in [2.24, 2.45) is 0 Å². The maximum absolute atomic E-state index is 11.4. The number of aliphatic hydroxyl groups excluding tert-OH is 1. The zero-order valence-corrected chi connectivity index (χ0v) is 10.2. The molecule has 5 heteroatoms. The number of rotatable bonds is 6. The second-order valence-electron chi connectivity index (χ2n) is 3.75. The number of hydrogen-bond acceptors (Lipinski definition) is 3. The maximum Gasteiger partial charge on any atom is 0.419 e. The molecule has 0 saturated carbocycles. The van der Waals surface area contributed by atoms with E-state index in [4.69, 9.17) is 5.53 Å². The number of ether oxygens (including phenoxy) is 1. The molecule has 0 aliphatic carbocycles. The van der Waals surface area contributed by atoms with Gasteiger partial charge >= 0.3 is 11.7 Å². The normalized spacial score (nSPS) is 11.4. The summed E-state index contributed by atoms with van der Waals surface area (Å²) in [4.78, 5) is 14.2. The van der Waals surface area contributed by atoms with E-state index in [-0.39, 0.29) is 12.3 Å². The third-order valence-electron chi connectivity index (χ3n) is 2.46. The summed E-state index contributed by atoms with van der Waals surface area (Å²) in [6.07, 6.45) is -0.253. The number of nitrogens with zero attached hydrogens (tertiary/aromatic N) is 2. The first-order chi connectivity index (χ1) is 8.69. The van der Waals surface area contributed by atoms with Crippen molar-refractivity contribution in [3.05, 3.63) is 41.4 Å². The highest BCUT2D eigenvalue weighted by Crippen LogP contribution is 2.06. The average molecular weight is 248 g/mol. The molecule has 0 heterocycles. The van der Waals surface area contributed by atoms with E-state index in [1.807, 2.05) is 30.3 Å². The Bertz CT molecular complexity index is 439. The second kappa shape index (κ2) is 7.37. The summed E-state index contributed by atoms with van der Waals surface area (Å²) in [5.74, 6) is -0.791. The van der Waals surface area contributed by atoms with Gasteiger partial charge in [-0.1, -0.05) is 30.3 Å². The highest BCUT2D eigenvalue weighted by atomic mass is 16.5. The van der Waals surface area contributed by atoms with Gasteiger partial charge in [0, 0.05) is 0 Å². The monoisotopic (exact) mass is 248 g/mol. The largest absolute Gasteiger partial charge is 0.457 e. The van der Waals surface area contributed by atoms with Crippen molar-refractivity contribution in [2.75, 3.05) is 6.61 Å². The Morgan fingerprint density at radius 2 is 2.11 bits per heavy atom. The summed E-state index contributed by atoms with van der Waals surface area (Å²) >= 11 is 0. The first-order valence-electron chi connectivity index (χ1n) is 5.80. The van der Waals surface area contributed by atoms with Crippen LogP contribution in [-0.2, 0) is 16.0 Å². The highest BCUT2D eigenvalue weighted by Gasteiger charge is 2.30. The highest BCUT2D eigenvalue weighted by molar-refractivity contribution is 6.35. The minimum Gasteiger partial charge on any atom is -0.457 e. The van der Waals surface area contributed by atoms with E-state index in [0.717, 1.165) is 5.56 Å². The number of hydrogen-bond donors (Lipinski definition) is 1. The minimum absolute atomic E-state index is 0.170. The third-order valence-corrected chi connectivity index (χ3v) is 2.46. The van der Waals surface area contributed by atoms with Crippen molar-refractivity contribution in [3.63, 3.8) is 0 Å². The molecule has 18 heavy (non-hydrogen) atoms. The Kier molecular flexibility index (Phi) is 5.77. The number of esters is 1. The van der Waals surface area contributed by atoms with Gasteiger partial charge in [-0.3, -0.25) is 0 Å². The van der Waals surface area contributed by atoms with Crippen LogP contribution in [0.25, 0.3) is 5.53 Å². The van der Waals surface area contributed by atoms with E-state index in [9.17, 15) is 9.90 Å². The second-order valence-corrected chi connectivity index (χ2v) is 3.75. The van der Waals surface area contributed by atoms with Crippen molar-refractivity contribution in [2.45, 2.75) is 25.9 Å². The molecule has 1 rings (SSSR count). The topological polar surface area (TPSA) is 82.9 Å². The van der Waals surface area contributed by atoms with Gasteiger partial charge in [-0.05, 0) is 25.3 Å². The van der Waals surface area contributed by atoms with Crippen LogP contribution in [0.2, 0.25) is 0 Å². The van der Waals surface area contributed by atoms with Gasteiger partial charge in [-0.25, -0.2) is 4.79 Å². The van der Waals surface area contributed by atoms with Crippen LogP contribution < -0.4 is 0 Å². The van der Waals surface area contributed by atoms with Gasteiger partial charge in [0.25, 0.3) is 0 Å². The summed E-state index contributed by atoms with van der Waals surface area (Å²) < 4.78 is 4.68. The van der Waals surface area contributed by atoms with Gasteiger partial charge in [0.2, 0.25) is 0 Å². The van der Waals surface area contributed by atoms with E-state index in [0.29, 0.717) is 12.8 Å². The molecule has 96 valence electrons. The lowest BCUT2D eigenvalue weighted by atomic mass is 10.0. The van der Waals surface area contributed by atoms with Crippen LogP contribution in [0.5, 0.6) is 0 Å². The van der Waals surface area contributed by atoms with E-state index in [2.05, 4.69) is 9.53 Å². The molecule has 1 aromatic rings. The summed E-state index contributed by atoms with van der Waals surface area (Å²) in [5, 5.41) is 9.78. The number of aliphatic hydroxyl groups is 1. The number of carbonyl (C=O) groups excluding carboxylic acids is 1. The first kappa shape index (κ1) is 14.1. The van der Waals surface area contributed by atoms with E-state index in [1.165, 1.54) is 0 Å². The van der Waals surface area contributed by atoms with Crippen molar-refractivity contribution in [1.82, 2.24) is 0 Å². The third kappa shape index (κ3) is 4.13.